The third-order valence-corrected chi connectivity index (χ3v) is 7.86. The normalized spacial score (nSPS) is 15.0. The van der Waals surface area contributed by atoms with E-state index >= 15 is 0 Å². The van der Waals surface area contributed by atoms with Crippen LogP contribution in [0.3, 0.4) is 0 Å². The van der Waals surface area contributed by atoms with Gasteiger partial charge in [-0.25, -0.2) is 0 Å². The molecule has 216 valence electrons. The number of nitrogens with one attached hydrogen (secondary N) is 1. The van der Waals surface area contributed by atoms with E-state index in [0.29, 0.717) is 28.7 Å². The van der Waals surface area contributed by atoms with Crippen LogP contribution in [0.25, 0.3) is 0 Å². The van der Waals surface area contributed by atoms with E-state index in [1.807, 2.05) is 12.1 Å². The smallest absolute Gasteiger partial charge is 0.190 e. The number of Topliss-reactive ketones (excluding diaryl/α,β-unsaturated/α-hetero) is 2. The summed E-state index contributed by atoms with van der Waals surface area (Å²) in [5.41, 5.74) is 10.2. The molecule has 0 unspecified atom stereocenters. The van der Waals surface area contributed by atoms with Crippen molar-refractivity contribution in [3.63, 3.8) is 0 Å². The van der Waals surface area contributed by atoms with Gasteiger partial charge in [0.15, 0.2) is 11.6 Å². The fourth-order valence-corrected chi connectivity index (χ4v) is 5.00. The molecule has 0 amide bonds. The molecular weight excluding hydrogens is 502 g/mol. The summed E-state index contributed by atoms with van der Waals surface area (Å²) in [5, 5.41) is 3.49. The molecule has 0 aromatic heterocycles. The molecule has 0 saturated heterocycles. The van der Waals surface area contributed by atoms with E-state index < -0.39 is 0 Å². The van der Waals surface area contributed by atoms with Crippen LogP contribution >= 0.6 is 0 Å². The number of hydrogen-bond donors (Lipinski definition) is 1. The monoisotopic (exact) mass is 549 g/mol. The van der Waals surface area contributed by atoms with E-state index in [-0.39, 0.29) is 11.6 Å². The van der Waals surface area contributed by atoms with Crippen molar-refractivity contribution in [2.24, 2.45) is 0 Å². The van der Waals surface area contributed by atoms with Gasteiger partial charge in [0, 0.05) is 34.5 Å². The van der Waals surface area contributed by atoms with Gasteiger partial charge in [0.25, 0.3) is 0 Å². The van der Waals surface area contributed by atoms with Crippen molar-refractivity contribution in [1.82, 2.24) is 0 Å². The lowest BCUT2D eigenvalue weighted by Crippen LogP contribution is -2.20. The first kappa shape index (κ1) is 31.8. The number of carbonyl (C=O) groups excluding carboxylic acids is 2. The van der Waals surface area contributed by atoms with E-state index in [4.69, 9.17) is 0 Å². The number of benzene rings is 2. The zero-order chi connectivity index (χ0) is 29.8. The highest BCUT2D eigenvalue weighted by Gasteiger charge is 2.28. The summed E-state index contributed by atoms with van der Waals surface area (Å²) in [6.45, 7) is 13.5. The Balaban J connectivity index is 1.36. The molecule has 0 spiro atoms. The van der Waals surface area contributed by atoms with Gasteiger partial charge in [-0.15, -0.1) is 0 Å². The van der Waals surface area contributed by atoms with Gasteiger partial charge in [-0.1, -0.05) is 88.6 Å². The Labute approximate surface area is 247 Å². The number of ketones is 2. The van der Waals surface area contributed by atoms with Crippen molar-refractivity contribution < 1.29 is 9.59 Å². The van der Waals surface area contributed by atoms with Crippen LogP contribution in [0.4, 0.5) is 5.69 Å². The minimum Gasteiger partial charge on any atom is -0.381 e. The Morgan fingerprint density at radius 3 is 1.68 bits per heavy atom. The SMILES string of the molecule is CC1=C(C/C=C(\C)CC/C=C(\C)CC/C=C(\C)CC/C=C(\C)CNc2ccc(C)cc2)C(=O)c2ccccc2C1=O. The van der Waals surface area contributed by atoms with Gasteiger partial charge >= 0.3 is 0 Å². The highest BCUT2D eigenvalue weighted by Crippen LogP contribution is 2.28. The zero-order valence-electron chi connectivity index (χ0n) is 25.9. The molecule has 0 saturated carbocycles. The minimum atomic E-state index is -0.0261. The maximum absolute atomic E-state index is 13.0. The highest BCUT2D eigenvalue weighted by molar-refractivity contribution is 6.26. The van der Waals surface area contributed by atoms with Crippen molar-refractivity contribution in [2.75, 3.05) is 11.9 Å². The molecule has 1 aliphatic carbocycles. The Kier molecular flexibility index (Phi) is 12.3. The second kappa shape index (κ2) is 15.9. The van der Waals surface area contributed by atoms with E-state index in [1.54, 1.807) is 19.1 Å². The van der Waals surface area contributed by atoms with Crippen molar-refractivity contribution >= 4 is 17.3 Å². The summed E-state index contributed by atoms with van der Waals surface area (Å²) in [6, 6.07) is 15.7. The predicted octanol–water partition coefficient (Wildman–Crippen LogP) is 10.3. The number of aryl methyl sites for hydroxylation is 1. The van der Waals surface area contributed by atoms with Crippen molar-refractivity contribution in [3.05, 3.63) is 123 Å². The number of carbonyl (C=O) groups is 2. The Morgan fingerprint density at radius 2 is 1.12 bits per heavy atom. The van der Waals surface area contributed by atoms with Crippen LogP contribution in [0.15, 0.2) is 106 Å². The van der Waals surface area contributed by atoms with Crippen LogP contribution in [0.2, 0.25) is 0 Å². The molecule has 41 heavy (non-hydrogen) atoms. The summed E-state index contributed by atoms with van der Waals surface area (Å²) in [7, 11) is 0. The number of anilines is 1. The standard InChI is InChI=1S/C38H47NO2/c1-27(12-9-13-28(2)15-11-17-31(5)26-39-33-23-20-30(4)21-24-33)14-10-16-29(3)22-25-34-32(6)37(40)35-18-7-8-19-36(35)38(34)41/h7-8,13-14,17-24,39H,9-12,15-16,25-26H2,1-6H3/b27-14+,28-13+,29-22+,31-17+. The molecule has 0 bridgehead atoms. The number of fused-ring (bicyclic) bond motifs is 1. The Hall–Kier alpha value is -3.72. The van der Waals surface area contributed by atoms with Crippen LogP contribution in [-0.2, 0) is 0 Å². The number of hydrogen-bond acceptors (Lipinski definition) is 3. The van der Waals surface area contributed by atoms with Gasteiger partial charge in [0.2, 0.25) is 0 Å². The predicted molar refractivity (Wildman–Crippen MR) is 175 cm³/mol. The van der Waals surface area contributed by atoms with Crippen molar-refractivity contribution in [3.8, 4) is 0 Å². The largest absolute Gasteiger partial charge is 0.381 e. The number of allylic oxidation sites excluding steroid dienone is 9. The molecule has 0 fully saturated rings. The first-order valence-electron chi connectivity index (χ1n) is 15.0. The van der Waals surface area contributed by atoms with E-state index in [1.165, 1.54) is 33.5 Å². The van der Waals surface area contributed by atoms with Crippen molar-refractivity contribution in [1.29, 1.82) is 0 Å². The van der Waals surface area contributed by atoms with E-state index in [0.717, 1.165) is 45.1 Å². The maximum atomic E-state index is 13.0. The summed E-state index contributed by atoms with van der Waals surface area (Å²) in [4.78, 5) is 25.7. The zero-order valence-corrected chi connectivity index (χ0v) is 25.9. The van der Waals surface area contributed by atoms with Gasteiger partial charge < -0.3 is 5.32 Å². The maximum Gasteiger partial charge on any atom is 0.190 e. The summed E-state index contributed by atoms with van der Waals surface area (Å²) in [6.07, 6.45) is 16.0. The lowest BCUT2D eigenvalue weighted by Gasteiger charge is -2.18. The molecular formula is C38H47NO2. The molecule has 3 nitrogen and oxygen atoms in total. The lowest BCUT2D eigenvalue weighted by atomic mass is 9.83. The van der Waals surface area contributed by atoms with E-state index in [9.17, 15) is 9.59 Å². The van der Waals surface area contributed by atoms with Crippen molar-refractivity contribution in [2.45, 2.75) is 86.5 Å². The van der Waals surface area contributed by atoms with Crippen LogP contribution < -0.4 is 5.32 Å². The van der Waals surface area contributed by atoms with Gasteiger partial charge in [0.1, 0.15) is 0 Å². The van der Waals surface area contributed by atoms with Gasteiger partial charge in [-0.05, 0) is 98.6 Å². The summed E-state index contributed by atoms with van der Waals surface area (Å²) < 4.78 is 0. The van der Waals surface area contributed by atoms with E-state index in [2.05, 4.69) is 88.5 Å². The average Bonchev–Trinajstić information content (AvgIpc) is 2.95. The average molecular weight is 550 g/mol. The fraction of sp³-hybridized carbons (Fsp3) is 0.368. The molecule has 3 rings (SSSR count). The lowest BCUT2D eigenvalue weighted by molar-refractivity contribution is 0.0973. The van der Waals surface area contributed by atoms with Crippen LogP contribution in [0.5, 0.6) is 0 Å². The molecule has 1 N–H and O–H groups in total. The fourth-order valence-electron chi connectivity index (χ4n) is 5.00. The quantitative estimate of drug-likeness (QED) is 0.238. The Morgan fingerprint density at radius 1 is 0.634 bits per heavy atom. The van der Waals surface area contributed by atoms with Gasteiger partial charge in [-0.3, -0.25) is 9.59 Å². The second-order valence-corrected chi connectivity index (χ2v) is 11.5. The first-order chi connectivity index (χ1) is 19.7. The molecule has 2 aromatic carbocycles. The molecule has 0 aliphatic heterocycles. The minimum absolute atomic E-state index is 0.0119. The molecule has 3 heteroatoms. The Bertz CT molecular complexity index is 1380. The topological polar surface area (TPSA) is 46.2 Å². The third-order valence-electron chi connectivity index (χ3n) is 7.86. The van der Waals surface area contributed by atoms with Gasteiger partial charge in [-0.2, -0.15) is 0 Å². The first-order valence-corrected chi connectivity index (χ1v) is 15.0. The third kappa shape index (κ3) is 10.0. The number of rotatable bonds is 14. The second-order valence-electron chi connectivity index (χ2n) is 11.5. The van der Waals surface area contributed by atoms with Crippen LogP contribution in [0.1, 0.15) is 106 Å². The molecule has 1 aliphatic rings. The molecule has 0 atom stereocenters. The molecule has 0 radical (unpaired) electrons. The molecule has 2 aromatic rings. The summed E-state index contributed by atoms with van der Waals surface area (Å²) in [5.74, 6) is -0.0380. The van der Waals surface area contributed by atoms with Crippen LogP contribution in [-0.4, -0.2) is 18.1 Å². The van der Waals surface area contributed by atoms with Gasteiger partial charge in [0.05, 0.1) is 0 Å². The molecule has 0 heterocycles. The highest BCUT2D eigenvalue weighted by atomic mass is 16.1. The summed E-state index contributed by atoms with van der Waals surface area (Å²) >= 11 is 0. The van der Waals surface area contributed by atoms with Crippen LogP contribution in [0, 0.1) is 6.92 Å².